The van der Waals surface area contributed by atoms with Crippen LogP contribution in [0.15, 0.2) is 11.1 Å². The quantitative estimate of drug-likeness (QED) is 0.528. The van der Waals surface area contributed by atoms with Crippen LogP contribution in [0, 0.1) is 5.92 Å². The van der Waals surface area contributed by atoms with E-state index in [1.165, 1.54) is 5.57 Å². The second kappa shape index (κ2) is 3.40. The Morgan fingerprint density at radius 3 is 2.55 bits per heavy atom. The van der Waals surface area contributed by atoms with Crippen LogP contribution < -0.4 is 0 Å². The molecule has 1 atom stereocenters. The molecule has 11 heavy (non-hydrogen) atoms. The average Bonchev–Trinajstić information content (AvgIpc) is 1.94. The maximum Gasteiger partial charge on any atom is 0.0757 e. The van der Waals surface area contributed by atoms with Crippen LogP contribution in [0.1, 0.15) is 34.1 Å². The van der Waals surface area contributed by atoms with Gasteiger partial charge in [0.25, 0.3) is 0 Å². The lowest BCUT2D eigenvalue weighted by Crippen LogP contribution is -2.20. The van der Waals surface area contributed by atoms with E-state index in [4.69, 9.17) is 4.74 Å². The van der Waals surface area contributed by atoms with Crippen molar-refractivity contribution in [1.29, 1.82) is 0 Å². The van der Waals surface area contributed by atoms with Crippen molar-refractivity contribution < 1.29 is 4.74 Å². The molecule has 0 N–H and O–H groups in total. The summed E-state index contributed by atoms with van der Waals surface area (Å²) in [6.45, 7) is 9.76. The van der Waals surface area contributed by atoms with E-state index < -0.39 is 0 Å². The smallest absolute Gasteiger partial charge is 0.0757 e. The second-order valence-corrected chi connectivity index (χ2v) is 3.63. The first-order valence-electron chi connectivity index (χ1n) is 4.44. The molecule has 0 spiro atoms. The number of rotatable bonds is 1. The minimum absolute atomic E-state index is 0.348. The molecule has 0 radical (unpaired) electrons. The summed E-state index contributed by atoms with van der Waals surface area (Å²) in [5.41, 5.74) is 3.05. The van der Waals surface area contributed by atoms with Crippen molar-refractivity contribution in [2.24, 2.45) is 5.92 Å². The highest BCUT2D eigenvalue weighted by atomic mass is 16.5. The SMILES string of the molecule is CC1=C(C(C)C)CCO[C@H]1C. The fourth-order valence-electron chi connectivity index (χ4n) is 1.67. The van der Waals surface area contributed by atoms with Crippen LogP contribution in [-0.4, -0.2) is 12.7 Å². The molecule has 64 valence electrons. The summed E-state index contributed by atoms with van der Waals surface area (Å²) in [6.07, 6.45) is 1.48. The first-order valence-corrected chi connectivity index (χ1v) is 4.44. The van der Waals surface area contributed by atoms with Crippen molar-refractivity contribution in [2.45, 2.75) is 40.2 Å². The standard InChI is InChI=1S/C10H18O/c1-7(2)10-5-6-11-9(4)8(10)3/h7,9H,5-6H2,1-4H3/t9-/m0/s1. The van der Waals surface area contributed by atoms with Crippen molar-refractivity contribution in [1.82, 2.24) is 0 Å². The van der Waals surface area contributed by atoms with E-state index in [1.54, 1.807) is 5.57 Å². The summed E-state index contributed by atoms with van der Waals surface area (Å²) in [6, 6.07) is 0. The number of ether oxygens (including phenoxy) is 1. The van der Waals surface area contributed by atoms with Gasteiger partial charge in [0.2, 0.25) is 0 Å². The van der Waals surface area contributed by atoms with Gasteiger partial charge in [-0.25, -0.2) is 0 Å². The Bertz CT molecular complexity index is 168. The van der Waals surface area contributed by atoms with Crippen LogP contribution in [0.3, 0.4) is 0 Å². The zero-order chi connectivity index (χ0) is 8.43. The molecule has 1 aliphatic heterocycles. The van der Waals surface area contributed by atoms with Crippen LogP contribution in [0.2, 0.25) is 0 Å². The van der Waals surface area contributed by atoms with Gasteiger partial charge in [0.15, 0.2) is 0 Å². The third kappa shape index (κ3) is 1.84. The first-order chi connectivity index (χ1) is 5.13. The maximum absolute atomic E-state index is 5.51. The van der Waals surface area contributed by atoms with Crippen molar-refractivity contribution in [3.05, 3.63) is 11.1 Å². The van der Waals surface area contributed by atoms with Gasteiger partial charge < -0.3 is 4.74 Å². The minimum Gasteiger partial charge on any atom is -0.374 e. The summed E-state index contributed by atoms with van der Waals surface area (Å²) in [4.78, 5) is 0. The molecule has 0 aliphatic carbocycles. The monoisotopic (exact) mass is 154 g/mol. The molecule has 1 heteroatoms. The van der Waals surface area contributed by atoms with E-state index in [0.717, 1.165) is 13.0 Å². The van der Waals surface area contributed by atoms with E-state index >= 15 is 0 Å². The van der Waals surface area contributed by atoms with Crippen molar-refractivity contribution >= 4 is 0 Å². The first kappa shape index (κ1) is 8.79. The Hall–Kier alpha value is -0.300. The summed E-state index contributed by atoms with van der Waals surface area (Å²) in [5, 5.41) is 0. The summed E-state index contributed by atoms with van der Waals surface area (Å²) in [5.74, 6) is 0.696. The topological polar surface area (TPSA) is 9.23 Å². The maximum atomic E-state index is 5.51. The lowest BCUT2D eigenvalue weighted by molar-refractivity contribution is 0.0772. The van der Waals surface area contributed by atoms with E-state index in [-0.39, 0.29) is 0 Å². The molecule has 0 saturated heterocycles. The third-order valence-corrected chi connectivity index (χ3v) is 2.55. The summed E-state index contributed by atoms with van der Waals surface area (Å²) < 4.78 is 5.51. The Morgan fingerprint density at radius 2 is 2.09 bits per heavy atom. The molecule has 0 amide bonds. The fourth-order valence-corrected chi connectivity index (χ4v) is 1.67. The Labute approximate surface area is 69.4 Å². The molecule has 1 rings (SSSR count). The largest absolute Gasteiger partial charge is 0.374 e. The van der Waals surface area contributed by atoms with Gasteiger partial charge in [0.1, 0.15) is 0 Å². The zero-order valence-corrected chi connectivity index (χ0v) is 7.98. The van der Waals surface area contributed by atoms with Crippen LogP contribution >= 0.6 is 0 Å². The average molecular weight is 154 g/mol. The zero-order valence-electron chi connectivity index (χ0n) is 7.98. The molecule has 1 nitrogen and oxygen atoms in total. The second-order valence-electron chi connectivity index (χ2n) is 3.63. The number of hydrogen-bond donors (Lipinski definition) is 0. The highest BCUT2D eigenvalue weighted by Crippen LogP contribution is 2.26. The molecule has 1 heterocycles. The molecule has 0 aromatic rings. The molecular weight excluding hydrogens is 136 g/mol. The van der Waals surface area contributed by atoms with Gasteiger partial charge in [-0.3, -0.25) is 0 Å². The summed E-state index contributed by atoms with van der Waals surface area (Å²) >= 11 is 0. The van der Waals surface area contributed by atoms with Gasteiger partial charge in [-0.1, -0.05) is 19.4 Å². The Morgan fingerprint density at radius 1 is 1.45 bits per heavy atom. The molecular formula is C10H18O. The summed E-state index contributed by atoms with van der Waals surface area (Å²) in [7, 11) is 0. The molecule has 0 unspecified atom stereocenters. The fraction of sp³-hybridized carbons (Fsp3) is 0.800. The highest BCUT2D eigenvalue weighted by molar-refractivity contribution is 5.19. The molecule has 1 aliphatic rings. The van der Waals surface area contributed by atoms with Gasteiger partial charge in [0, 0.05) is 0 Å². The van der Waals surface area contributed by atoms with Crippen LogP contribution in [-0.2, 0) is 4.74 Å². The van der Waals surface area contributed by atoms with Crippen LogP contribution in [0.4, 0.5) is 0 Å². The van der Waals surface area contributed by atoms with E-state index in [2.05, 4.69) is 27.7 Å². The van der Waals surface area contributed by atoms with Gasteiger partial charge in [-0.15, -0.1) is 0 Å². The van der Waals surface area contributed by atoms with Crippen LogP contribution in [0.5, 0.6) is 0 Å². The van der Waals surface area contributed by atoms with Crippen molar-refractivity contribution in [3.8, 4) is 0 Å². The van der Waals surface area contributed by atoms with Crippen molar-refractivity contribution in [2.75, 3.05) is 6.61 Å². The van der Waals surface area contributed by atoms with Gasteiger partial charge in [-0.05, 0) is 31.8 Å². The normalized spacial score (nSPS) is 26.5. The highest BCUT2D eigenvalue weighted by Gasteiger charge is 2.17. The molecule has 0 saturated carbocycles. The lowest BCUT2D eigenvalue weighted by Gasteiger charge is -2.26. The van der Waals surface area contributed by atoms with E-state index in [1.807, 2.05) is 0 Å². The molecule has 0 aromatic carbocycles. The van der Waals surface area contributed by atoms with Crippen LogP contribution in [0.25, 0.3) is 0 Å². The third-order valence-electron chi connectivity index (χ3n) is 2.55. The van der Waals surface area contributed by atoms with Crippen molar-refractivity contribution in [3.63, 3.8) is 0 Å². The van der Waals surface area contributed by atoms with Gasteiger partial charge in [0.05, 0.1) is 12.7 Å². The Balaban J connectivity index is 2.80. The number of hydrogen-bond acceptors (Lipinski definition) is 1. The molecule has 0 fully saturated rings. The lowest BCUT2D eigenvalue weighted by atomic mass is 9.91. The predicted molar refractivity (Wildman–Crippen MR) is 47.6 cm³/mol. The van der Waals surface area contributed by atoms with E-state index in [0.29, 0.717) is 12.0 Å². The Kier molecular flexibility index (Phi) is 2.72. The predicted octanol–water partition coefficient (Wildman–Crippen LogP) is 2.77. The molecule has 0 aromatic heterocycles. The van der Waals surface area contributed by atoms with Gasteiger partial charge >= 0.3 is 0 Å². The minimum atomic E-state index is 0.348. The van der Waals surface area contributed by atoms with E-state index in [9.17, 15) is 0 Å². The van der Waals surface area contributed by atoms with Gasteiger partial charge in [-0.2, -0.15) is 0 Å². The molecule has 0 bridgehead atoms.